The zero-order valence-electron chi connectivity index (χ0n) is 14.4. The summed E-state index contributed by atoms with van der Waals surface area (Å²) in [7, 11) is 2.09. The monoisotopic (exact) mass is 359 g/mol. The molecule has 4 aromatic rings. The summed E-state index contributed by atoms with van der Waals surface area (Å²) in [6.07, 6.45) is 1.89. The van der Waals surface area contributed by atoms with Gasteiger partial charge in [0.05, 0.1) is 17.6 Å². The highest BCUT2D eigenvalue weighted by atomic mass is 35.5. The van der Waals surface area contributed by atoms with E-state index in [1.165, 1.54) is 16.5 Å². The number of anilines is 1. The third-order valence-corrected chi connectivity index (χ3v) is 4.68. The molecule has 4 rings (SSSR count). The van der Waals surface area contributed by atoms with Crippen LogP contribution in [0.2, 0.25) is 5.02 Å². The molecule has 0 spiro atoms. The smallest absolute Gasteiger partial charge is 0.0578 e. The highest BCUT2D eigenvalue weighted by Crippen LogP contribution is 2.31. The SMILES string of the molecule is Cn1c(-c2ccccc2)c(/C=N\Nc2ccc(Cl)cc2)c2ccccc21. The molecule has 0 unspecified atom stereocenters. The van der Waals surface area contributed by atoms with Gasteiger partial charge in [-0.1, -0.05) is 60.1 Å². The Morgan fingerprint density at radius 1 is 0.885 bits per heavy atom. The van der Waals surface area contributed by atoms with Crippen molar-refractivity contribution in [1.29, 1.82) is 0 Å². The maximum atomic E-state index is 5.93. The maximum Gasteiger partial charge on any atom is 0.0578 e. The second-order valence-corrected chi connectivity index (χ2v) is 6.52. The van der Waals surface area contributed by atoms with Crippen molar-refractivity contribution in [3.8, 4) is 11.3 Å². The molecule has 26 heavy (non-hydrogen) atoms. The molecular weight excluding hydrogens is 342 g/mol. The van der Waals surface area contributed by atoms with Crippen molar-refractivity contribution in [2.24, 2.45) is 12.1 Å². The van der Waals surface area contributed by atoms with Gasteiger partial charge in [-0.3, -0.25) is 5.43 Å². The fourth-order valence-electron chi connectivity index (χ4n) is 3.19. The summed E-state index contributed by atoms with van der Waals surface area (Å²) in [4.78, 5) is 0. The molecule has 0 aliphatic heterocycles. The molecule has 0 bridgehead atoms. The fraction of sp³-hybridized carbons (Fsp3) is 0.0455. The number of rotatable bonds is 4. The summed E-state index contributed by atoms with van der Waals surface area (Å²) in [5.41, 5.74) is 8.56. The van der Waals surface area contributed by atoms with Gasteiger partial charge in [0.15, 0.2) is 0 Å². The first-order chi connectivity index (χ1) is 12.7. The van der Waals surface area contributed by atoms with Crippen LogP contribution in [0.15, 0.2) is 84.0 Å². The van der Waals surface area contributed by atoms with Crippen LogP contribution in [-0.4, -0.2) is 10.8 Å². The van der Waals surface area contributed by atoms with Crippen molar-refractivity contribution in [2.45, 2.75) is 0 Å². The summed E-state index contributed by atoms with van der Waals surface area (Å²) >= 11 is 5.93. The van der Waals surface area contributed by atoms with Crippen molar-refractivity contribution in [2.75, 3.05) is 5.43 Å². The van der Waals surface area contributed by atoms with Crippen LogP contribution >= 0.6 is 11.6 Å². The molecule has 4 heteroatoms. The first kappa shape index (κ1) is 16.4. The Morgan fingerprint density at radius 3 is 2.35 bits per heavy atom. The van der Waals surface area contributed by atoms with Gasteiger partial charge in [-0.25, -0.2) is 0 Å². The van der Waals surface area contributed by atoms with Crippen LogP contribution in [0.5, 0.6) is 0 Å². The summed E-state index contributed by atoms with van der Waals surface area (Å²) in [6, 6.07) is 26.3. The first-order valence-electron chi connectivity index (χ1n) is 8.41. The average molecular weight is 360 g/mol. The van der Waals surface area contributed by atoms with E-state index >= 15 is 0 Å². The van der Waals surface area contributed by atoms with Crippen molar-refractivity contribution in [3.05, 3.63) is 89.4 Å². The molecule has 128 valence electrons. The van der Waals surface area contributed by atoms with E-state index in [2.05, 4.69) is 70.7 Å². The van der Waals surface area contributed by atoms with Gasteiger partial charge in [-0.2, -0.15) is 5.10 Å². The molecule has 0 fully saturated rings. The zero-order chi connectivity index (χ0) is 17.9. The van der Waals surface area contributed by atoms with Gasteiger partial charge in [0.25, 0.3) is 0 Å². The predicted octanol–water partition coefficient (Wildman–Crippen LogP) is 5.94. The second kappa shape index (κ2) is 7.06. The third kappa shape index (κ3) is 3.09. The maximum absolute atomic E-state index is 5.93. The van der Waals surface area contributed by atoms with E-state index in [4.69, 9.17) is 11.6 Å². The number of hydrazone groups is 1. The van der Waals surface area contributed by atoms with E-state index in [0.29, 0.717) is 5.02 Å². The Kier molecular flexibility index (Phi) is 4.46. The number of para-hydroxylation sites is 1. The summed E-state index contributed by atoms with van der Waals surface area (Å²) in [5.74, 6) is 0. The Hall–Kier alpha value is -3.04. The van der Waals surface area contributed by atoms with Gasteiger partial charge in [-0.05, 0) is 35.9 Å². The van der Waals surface area contributed by atoms with Crippen LogP contribution in [-0.2, 0) is 7.05 Å². The van der Waals surface area contributed by atoms with Gasteiger partial charge < -0.3 is 4.57 Å². The third-order valence-electron chi connectivity index (χ3n) is 4.42. The highest BCUT2D eigenvalue weighted by molar-refractivity contribution is 6.30. The number of benzene rings is 3. The highest BCUT2D eigenvalue weighted by Gasteiger charge is 2.14. The number of aromatic nitrogens is 1. The Labute approximate surface area is 157 Å². The Bertz CT molecular complexity index is 1060. The lowest BCUT2D eigenvalue weighted by Gasteiger charge is -2.06. The van der Waals surface area contributed by atoms with E-state index in [1.807, 2.05) is 36.5 Å². The van der Waals surface area contributed by atoms with Crippen molar-refractivity contribution in [1.82, 2.24) is 4.57 Å². The summed E-state index contributed by atoms with van der Waals surface area (Å²) < 4.78 is 2.22. The van der Waals surface area contributed by atoms with Crippen LogP contribution in [0, 0.1) is 0 Å². The van der Waals surface area contributed by atoms with Crippen molar-refractivity contribution in [3.63, 3.8) is 0 Å². The quantitative estimate of drug-likeness (QED) is 0.354. The Morgan fingerprint density at radius 2 is 1.58 bits per heavy atom. The van der Waals surface area contributed by atoms with Gasteiger partial charge in [0, 0.05) is 28.5 Å². The largest absolute Gasteiger partial charge is 0.343 e. The molecule has 0 aliphatic carbocycles. The van der Waals surface area contributed by atoms with Gasteiger partial charge >= 0.3 is 0 Å². The molecule has 3 aromatic carbocycles. The van der Waals surface area contributed by atoms with Crippen LogP contribution in [0.1, 0.15) is 5.56 Å². The second-order valence-electron chi connectivity index (χ2n) is 6.08. The molecule has 0 saturated heterocycles. The number of hydrogen-bond donors (Lipinski definition) is 1. The lowest BCUT2D eigenvalue weighted by Crippen LogP contribution is -1.95. The van der Waals surface area contributed by atoms with Gasteiger partial charge in [-0.15, -0.1) is 0 Å². The molecule has 0 amide bonds. The van der Waals surface area contributed by atoms with Crippen molar-refractivity contribution < 1.29 is 0 Å². The molecule has 1 aromatic heterocycles. The number of hydrogen-bond acceptors (Lipinski definition) is 2. The molecule has 1 N–H and O–H groups in total. The molecule has 3 nitrogen and oxygen atoms in total. The topological polar surface area (TPSA) is 29.3 Å². The normalized spacial score (nSPS) is 11.3. The number of halogens is 1. The molecular formula is C22H18ClN3. The lowest BCUT2D eigenvalue weighted by atomic mass is 10.1. The number of nitrogens with one attached hydrogen (secondary N) is 1. The first-order valence-corrected chi connectivity index (χ1v) is 8.79. The molecule has 0 radical (unpaired) electrons. The lowest BCUT2D eigenvalue weighted by molar-refractivity contribution is 0.977. The molecule has 0 atom stereocenters. The van der Waals surface area contributed by atoms with E-state index in [-0.39, 0.29) is 0 Å². The van der Waals surface area contributed by atoms with Crippen molar-refractivity contribution >= 4 is 34.4 Å². The minimum Gasteiger partial charge on any atom is -0.343 e. The van der Waals surface area contributed by atoms with Crippen LogP contribution in [0.25, 0.3) is 22.2 Å². The number of aryl methyl sites for hydroxylation is 1. The van der Waals surface area contributed by atoms with E-state index in [0.717, 1.165) is 16.9 Å². The van der Waals surface area contributed by atoms with Gasteiger partial charge in [0.1, 0.15) is 0 Å². The number of fused-ring (bicyclic) bond motifs is 1. The minimum absolute atomic E-state index is 0.708. The van der Waals surface area contributed by atoms with Crippen LogP contribution in [0.4, 0.5) is 5.69 Å². The van der Waals surface area contributed by atoms with Crippen LogP contribution < -0.4 is 5.43 Å². The van der Waals surface area contributed by atoms with Gasteiger partial charge in [0.2, 0.25) is 0 Å². The Balaban J connectivity index is 1.78. The molecule has 0 aliphatic rings. The number of nitrogens with zero attached hydrogens (tertiary/aromatic N) is 2. The minimum atomic E-state index is 0.708. The van der Waals surface area contributed by atoms with E-state index < -0.39 is 0 Å². The fourth-order valence-corrected chi connectivity index (χ4v) is 3.32. The molecule has 0 saturated carbocycles. The average Bonchev–Trinajstić information content (AvgIpc) is 2.96. The van der Waals surface area contributed by atoms with Crippen LogP contribution in [0.3, 0.4) is 0 Å². The van der Waals surface area contributed by atoms with E-state index in [1.54, 1.807) is 0 Å². The zero-order valence-corrected chi connectivity index (χ0v) is 15.1. The van der Waals surface area contributed by atoms with E-state index in [9.17, 15) is 0 Å². The summed E-state index contributed by atoms with van der Waals surface area (Å²) in [6.45, 7) is 0. The standard InChI is InChI=1S/C22H18ClN3/c1-26-21-10-6-5-9-19(21)20(22(26)16-7-3-2-4-8-16)15-24-25-18-13-11-17(23)12-14-18/h2-15,25H,1H3/b24-15-. The molecule has 1 heterocycles. The summed E-state index contributed by atoms with van der Waals surface area (Å²) in [5, 5.41) is 6.34. The predicted molar refractivity (Wildman–Crippen MR) is 111 cm³/mol.